The summed E-state index contributed by atoms with van der Waals surface area (Å²) >= 11 is 5.82. The van der Waals surface area contributed by atoms with Crippen molar-refractivity contribution in [3.63, 3.8) is 0 Å². The molecular formula is C21H23ClF3N3O4. The van der Waals surface area contributed by atoms with Gasteiger partial charge in [-0.25, -0.2) is 0 Å². The summed E-state index contributed by atoms with van der Waals surface area (Å²) in [5.74, 6) is 1.15. The van der Waals surface area contributed by atoms with E-state index in [1.165, 1.54) is 0 Å². The molecule has 2 fully saturated rings. The highest BCUT2D eigenvalue weighted by molar-refractivity contribution is 6.30. The third-order valence-electron chi connectivity index (χ3n) is 5.83. The average molecular weight is 474 g/mol. The number of halogens is 4. The van der Waals surface area contributed by atoms with Crippen LogP contribution in [0.5, 0.6) is 5.75 Å². The number of aromatic nitrogens is 2. The number of hydrogen-bond acceptors (Lipinski definition) is 6. The highest BCUT2D eigenvalue weighted by Gasteiger charge is 2.42. The Kier molecular flexibility index (Phi) is 6.90. The number of nitrogens with zero attached hydrogens (tertiary/aromatic N) is 2. The first-order valence-electron chi connectivity index (χ1n) is 10.5. The highest BCUT2D eigenvalue weighted by Crippen LogP contribution is 2.42. The minimum absolute atomic E-state index is 0.0434. The Morgan fingerprint density at radius 3 is 2.31 bits per heavy atom. The quantitative estimate of drug-likeness (QED) is 0.625. The van der Waals surface area contributed by atoms with E-state index in [1.807, 2.05) is 0 Å². The molecule has 0 aliphatic heterocycles. The van der Waals surface area contributed by atoms with Crippen LogP contribution >= 0.6 is 11.6 Å². The van der Waals surface area contributed by atoms with Crippen molar-refractivity contribution < 1.29 is 31.9 Å². The molecule has 2 aliphatic rings. The van der Waals surface area contributed by atoms with E-state index in [4.69, 9.17) is 20.8 Å². The van der Waals surface area contributed by atoms with E-state index in [-0.39, 0.29) is 43.2 Å². The number of ether oxygens (including phenoxy) is 2. The first-order chi connectivity index (χ1) is 15.2. The van der Waals surface area contributed by atoms with Gasteiger partial charge in [0.2, 0.25) is 11.8 Å². The molecule has 0 saturated heterocycles. The summed E-state index contributed by atoms with van der Waals surface area (Å²) < 4.78 is 51.9. The summed E-state index contributed by atoms with van der Waals surface area (Å²) in [5, 5.41) is 11.7. The Morgan fingerprint density at radius 1 is 1.06 bits per heavy atom. The van der Waals surface area contributed by atoms with Gasteiger partial charge < -0.3 is 14.5 Å². The van der Waals surface area contributed by atoms with Crippen molar-refractivity contribution in [3.8, 4) is 5.75 Å². The Balaban J connectivity index is 1.17. The Morgan fingerprint density at radius 2 is 1.69 bits per heavy atom. The summed E-state index contributed by atoms with van der Waals surface area (Å²) in [4.78, 5) is 12.2. The van der Waals surface area contributed by atoms with Crippen LogP contribution in [0.4, 0.5) is 13.2 Å². The summed E-state index contributed by atoms with van der Waals surface area (Å²) in [6.07, 6.45) is -1.95. The van der Waals surface area contributed by atoms with Crippen molar-refractivity contribution >= 4 is 17.5 Å². The smallest absolute Gasteiger partial charge is 0.484 e. The molecule has 2 saturated carbocycles. The standard InChI is InChI=1S/C21H23ClF3N3O4/c22-14-3-7-16(8-4-14)30-11-18(29)26-15-5-1-12(2-6-15)19-27-28-20(31-19)13-9-17(10-13)32-21(23,24)25/h3-4,7-8,12-13,15,17H,1-2,5-6,9-11H2,(H,26,29)/t12?,13-,15?,17-. The predicted octanol–water partition coefficient (Wildman–Crippen LogP) is 4.73. The van der Waals surface area contributed by atoms with Gasteiger partial charge in [-0.15, -0.1) is 23.4 Å². The number of hydrogen-bond donors (Lipinski definition) is 1. The molecule has 0 atom stereocenters. The van der Waals surface area contributed by atoms with E-state index in [1.54, 1.807) is 24.3 Å². The lowest BCUT2D eigenvalue weighted by molar-refractivity contribution is -0.352. The number of alkyl halides is 3. The molecule has 1 aromatic carbocycles. The van der Waals surface area contributed by atoms with Gasteiger partial charge >= 0.3 is 6.36 Å². The van der Waals surface area contributed by atoms with Gasteiger partial charge in [0.05, 0.1) is 6.10 Å². The molecule has 2 aliphatic carbocycles. The Bertz CT molecular complexity index is 908. The van der Waals surface area contributed by atoms with E-state index < -0.39 is 12.5 Å². The molecule has 1 heterocycles. The molecule has 1 N–H and O–H groups in total. The second kappa shape index (κ2) is 9.66. The summed E-state index contributed by atoms with van der Waals surface area (Å²) in [5.41, 5.74) is 0. The van der Waals surface area contributed by atoms with E-state index in [0.29, 0.717) is 22.6 Å². The van der Waals surface area contributed by atoms with Crippen LogP contribution in [0.15, 0.2) is 28.7 Å². The van der Waals surface area contributed by atoms with Gasteiger partial charge in [0, 0.05) is 22.9 Å². The first kappa shape index (κ1) is 22.8. The van der Waals surface area contributed by atoms with Gasteiger partial charge in [0.25, 0.3) is 5.91 Å². The van der Waals surface area contributed by atoms with Crippen LogP contribution in [-0.4, -0.2) is 41.2 Å². The van der Waals surface area contributed by atoms with Gasteiger partial charge in [-0.3, -0.25) is 9.53 Å². The van der Waals surface area contributed by atoms with E-state index >= 15 is 0 Å². The van der Waals surface area contributed by atoms with E-state index in [2.05, 4.69) is 20.3 Å². The lowest BCUT2D eigenvalue weighted by Crippen LogP contribution is -2.39. The SMILES string of the molecule is O=C(COc1ccc(Cl)cc1)NC1CCC(c2nnc([C@H]3C[C@H](OC(F)(F)F)C3)o2)CC1. The number of nitrogens with one attached hydrogen (secondary N) is 1. The van der Waals surface area contributed by atoms with Crippen LogP contribution in [0.25, 0.3) is 0 Å². The first-order valence-corrected chi connectivity index (χ1v) is 10.9. The van der Waals surface area contributed by atoms with Crippen LogP contribution in [0.2, 0.25) is 5.02 Å². The van der Waals surface area contributed by atoms with Crippen molar-refractivity contribution in [1.29, 1.82) is 0 Å². The molecule has 11 heteroatoms. The number of carbonyl (C=O) groups excluding carboxylic acids is 1. The second-order valence-corrected chi connectivity index (χ2v) is 8.63. The number of rotatable bonds is 7. The van der Waals surface area contributed by atoms with Gasteiger partial charge in [0.1, 0.15) is 5.75 Å². The summed E-state index contributed by atoms with van der Waals surface area (Å²) in [6.45, 7) is -0.0744. The van der Waals surface area contributed by atoms with E-state index in [9.17, 15) is 18.0 Å². The zero-order valence-corrected chi connectivity index (χ0v) is 17.9. The van der Waals surface area contributed by atoms with Crippen molar-refractivity contribution in [1.82, 2.24) is 15.5 Å². The fourth-order valence-electron chi connectivity index (χ4n) is 4.06. The zero-order chi connectivity index (χ0) is 22.7. The van der Waals surface area contributed by atoms with E-state index in [0.717, 1.165) is 25.7 Å². The maximum Gasteiger partial charge on any atom is 0.522 e. The molecule has 7 nitrogen and oxygen atoms in total. The largest absolute Gasteiger partial charge is 0.522 e. The van der Waals surface area contributed by atoms with Crippen molar-refractivity contribution in [2.24, 2.45) is 0 Å². The summed E-state index contributed by atoms with van der Waals surface area (Å²) in [7, 11) is 0. The molecule has 0 unspecified atom stereocenters. The Labute approximate surface area is 187 Å². The van der Waals surface area contributed by atoms with Crippen LogP contribution < -0.4 is 10.1 Å². The van der Waals surface area contributed by atoms with Crippen molar-refractivity contribution in [2.75, 3.05) is 6.61 Å². The topological polar surface area (TPSA) is 86.5 Å². The predicted molar refractivity (Wildman–Crippen MR) is 107 cm³/mol. The maximum absolute atomic E-state index is 12.2. The molecule has 32 heavy (non-hydrogen) atoms. The number of amides is 1. The van der Waals surface area contributed by atoms with Crippen molar-refractivity contribution in [3.05, 3.63) is 41.1 Å². The minimum Gasteiger partial charge on any atom is -0.484 e. The highest BCUT2D eigenvalue weighted by atomic mass is 35.5. The van der Waals surface area contributed by atoms with Gasteiger partial charge in [0.15, 0.2) is 6.61 Å². The second-order valence-electron chi connectivity index (χ2n) is 8.19. The molecule has 1 aromatic heterocycles. The van der Waals surface area contributed by atoms with Gasteiger partial charge in [-0.2, -0.15) is 0 Å². The van der Waals surface area contributed by atoms with Crippen molar-refractivity contribution in [2.45, 2.75) is 68.9 Å². The van der Waals surface area contributed by atoms with Crippen LogP contribution in [0.3, 0.4) is 0 Å². The fraction of sp³-hybridized carbons (Fsp3) is 0.571. The molecule has 174 valence electrons. The lowest BCUT2D eigenvalue weighted by Gasteiger charge is -2.33. The third kappa shape index (κ3) is 6.13. The normalized spacial score (nSPS) is 25.8. The average Bonchev–Trinajstić information content (AvgIpc) is 3.19. The van der Waals surface area contributed by atoms with Gasteiger partial charge in [-0.1, -0.05) is 11.6 Å². The minimum atomic E-state index is -4.62. The molecule has 0 spiro atoms. The molecule has 1 amide bonds. The van der Waals surface area contributed by atoms with Crippen LogP contribution in [0.1, 0.15) is 62.1 Å². The molecule has 2 aromatic rings. The number of carbonyl (C=O) groups is 1. The zero-order valence-electron chi connectivity index (χ0n) is 17.1. The maximum atomic E-state index is 12.2. The molecule has 0 bridgehead atoms. The molecule has 0 radical (unpaired) electrons. The lowest BCUT2D eigenvalue weighted by atomic mass is 9.82. The monoisotopic (exact) mass is 473 g/mol. The number of benzene rings is 1. The van der Waals surface area contributed by atoms with Crippen LogP contribution in [-0.2, 0) is 9.53 Å². The molecule has 4 rings (SSSR count). The third-order valence-corrected chi connectivity index (χ3v) is 6.08. The fourth-order valence-corrected chi connectivity index (χ4v) is 4.19. The summed E-state index contributed by atoms with van der Waals surface area (Å²) in [6, 6.07) is 6.83. The Hall–Kier alpha value is -2.33. The molecular weight excluding hydrogens is 451 g/mol. The van der Waals surface area contributed by atoms with Gasteiger partial charge in [-0.05, 0) is 62.8 Å². The van der Waals surface area contributed by atoms with Crippen LogP contribution in [0, 0.1) is 0 Å².